The number of anilines is 1. The summed E-state index contributed by atoms with van der Waals surface area (Å²) in [5, 5.41) is 17.4. The Bertz CT molecular complexity index is 864. The highest BCUT2D eigenvalue weighted by molar-refractivity contribution is 5.86. The Morgan fingerprint density at radius 1 is 1.24 bits per heavy atom. The second-order valence-corrected chi connectivity index (χ2v) is 6.01. The maximum absolute atomic E-state index is 8.76. The van der Waals surface area contributed by atoms with Crippen LogP contribution >= 0.6 is 0 Å². The van der Waals surface area contributed by atoms with Crippen LogP contribution in [0.4, 0.5) is 5.82 Å². The normalized spacial score (nSPS) is 12.2. The number of nitriles is 1. The van der Waals surface area contributed by atoms with Gasteiger partial charge in [0.1, 0.15) is 12.1 Å². The van der Waals surface area contributed by atoms with Gasteiger partial charge in [-0.3, -0.25) is 0 Å². The molecule has 0 saturated carbocycles. The first-order valence-corrected chi connectivity index (χ1v) is 8.19. The first-order valence-electron chi connectivity index (χ1n) is 8.19. The highest BCUT2D eigenvalue weighted by Crippen LogP contribution is 2.22. The van der Waals surface area contributed by atoms with E-state index in [1.807, 2.05) is 18.2 Å². The Hall–Kier alpha value is -2.98. The molecule has 7 nitrogen and oxygen atoms in total. The molecule has 3 rings (SSSR count). The van der Waals surface area contributed by atoms with Crippen LogP contribution in [0.1, 0.15) is 18.0 Å². The summed E-state index contributed by atoms with van der Waals surface area (Å²) in [5.74, 6) is 0.760. The van der Waals surface area contributed by atoms with Crippen LogP contribution in [-0.4, -0.2) is 45.3 Å². The number of hydrogen-bond donors (Lipinski definition) is 1. The summed E-state index contributed by atoms with van der Waals surface area (Å²) in [6.45, 7) is 1.24. The molecule has 0 radical (unpaired) electrons. The first kappa shape index (κ1) is 16.9. The number of fused-ring (bicyclic) bond motifs is 1. The number of aromatic nitrogens is 4. The SMILES string of the molecule is CN(C)[C@H](CNc1ncnc2c1cnn2CCC#N)c1ccccc1. The van der Waals surface area contributed by atoms with E-state index in [0.717, 1.165) is 16.9 Å². The lowest BCUT2D eigenvalue weighted by atomic mass is 10.1. The third kappa shape index (κ3) is 3.75. The predicted octanol–water partition coefficient (Wildman–Crippen LogP) is 2.45. The molecule has 0 bridgehead atoms. The highest BCUT2D eigenvalue weighted by atomic mass is 15.3. The minimum atomic E-state index is 0.222. The summed E-state index contributed by atoms with van der Waals surface area (Å²) in [4.78, 5) is 10.8. The maximum Gasteiger partial charge on any atom is 0.163 e. The second kappa shape index (κ2) is 7.73. The number of nitrogens with zero attached hydrogens (tertiary/aromatic N) is 6. The standard InChI is InChI=1S/C18H21N7/c1-24(2)16(14-7-4-3-5-8-14)12-20-17-15-11-23-25(10-6-9-19)18(15)22-13-21-17/h3-5,7-8,11,13,16H,6,10,12H2,1-2H3,(H,20,21,22)/t16-/m1/s1. The van der Waals surface area contributed by atoms with Crippen LogP contribution in [0, 0.1) is 11.3 Å². The van der Waals surface area contributed by atoms with Gasteiger partial charge in [-0.25, -0.2) is 14.6 Å². The second-order valence-electron chi connectivity index (χ2n) is 6.01. The molecule has 1 aromatic carbocycles. The number of hydrogen-bond acceptors (Lipinski definition) is 6. The van der Waals surface area contributed by atoms with Crippen LogP contribution in [0.2, 0.25) is 0 Å². The molecule has 0 saturated heterocycles. The minimum Gasteiger partial charge on any atom is -0.367 e. The molecule has 0 spiro atoms. The van der Waals surface area contributed by atoms with Gasteiger partial charge in [-0.15, -0.1) is 0 Å². The van der Waals surface area contributed by atoms with Crippen molar-refractivity contribution in [3.8, 4) is 6.07 Å². The van der Waals surface area contributed by atoms with Crippen LogP contribution in [0.25, 0.3) is 11.0 Å². The van der Waals surface area contributed by atoms with E-state index < -0.39 is 0 Å². The fourth-order valence-electron chi connectivity index (χ4n) is 2.82. The number of likely N-dealkylation sites (N-methyl/N-ethyl adjacent to an activating group) is 1. The molecular formula is C18H21N7. The monoisotopic (exact) mass is 335 g/mol. The molecule has 2 aromatic heterocycles. The average molecular weight is 335 g/mol. The number of rotatable bonds is 7. The van der Waals surface area contributed by atoms with Crippen molar-refractivity contribution >= 4 is 16.9 Å². The average Bonchev–Trinajstić information content (AvgIpc) is 3.04. The third-order valence-corrected chi connectivity index (χ3v) is 4.14. The summed E-state index contributed by atoms with van der Waals surface area (Å²) in [5.41, 5.74) is 1.99. The lowest BCUT2D eigenvalue weighted by Gasteiger charge is -2.25. The van der Waals surface area contributed by atoms with Crippen molar-refractivity contribution in [2.45, 2.75) is 19.0 Å². The van der Waals surface area contributed by atoms with Crippen LogP contribution < -0.4 is 5.32 Å². The van der Waals surface area contributed by atoms with Crippen LogP contribution in [0.3, 0.4) is 0 Å². The van der Waals surface area contributed by atoms with Crippen LogP contribution in [0.5, 0.6) is 0 Å². The molecule has 0 fully saturated rings. The molecule has 1 atom stereocenters. The molecule has 0 amide bonds. The Morgan fingerprint density at radius 3 is 2.76 bits per heavy atom. The number of benzene rings is 1. The van der Waals surface area contributed by atoms with E-state index in [9.17, 15) is 0 Å². The minimum absolute atomic E-state index is 0.222. The first-order chi connectivity index (χ1) is 12.2. The van der Waals surface area contributed by atoms with Gasteiger partial charge in [0.25, 0.3) is 0 Å². The predicted molar refractivity (Wildman–Crippen MR) is 96.9 cm³/mol. The zero-order valence-corrected chi connectivity index (χ0v) is 14.4. The number of nitrogens with one attached hydrogen (secondary N) is 1. The number of aryl methyl sites for hydroxylation is 1. The van der Waals surface area contributed by atoms with Crippen molar-refractivity contribution in [3.63, 3.8) is 0 Å². The molecule has 0 aliphatic heterocycles. The third-order valence-electron chi connectivity index (χ3n) is 4.14. The van der Waals surface area contributed by atoms with E-state index in [4.69, 9.17) is 5.26 Å². The Morgan fingerprint density at radius 2 is 2.04 bits per heavy atom. The summed E-state index contributed by atoms with van der Waals surface area (Å²) in [7, 11) is 4.13. The molecule has 25 heavy (non-hydrogen) atoms. The van der Waals surface area contributed by atoms with Gasteiger partial charge < -0.3 is 10.2 Å². The van der Waals surface area contributed by atoms with Crippen molar-refractivity contribution < 1.29 is 0 Å². The van der Waals surface area contributed by atoms with E-state index in [1.165, 1.54) is 11.9 Å². The van der Waals surface area contributed by atoms with Gasteiger partial charge in [0.2, 0.25) is 0 Å². The van der Waals surface area contributed by atoms with E-state index in [2.05, 4.69) is 57.6 Å². The lowest BCUT2D eigenvalue weighted by molar-refractivity contribution is 0.311. The lowest BCUT2D eigenvalue weighted by Crippen LogP contribution is -2.27. The molecule has 2 heterocycles. The van der Waals surface area contributed by atoms with Gasteiger partial charge in [-0.1, -0.05) is 30.3 Å². The van der Waals surface area contributed by atoms with Crippen LogP contribution in [0.15, 0.2) is 42.9 Å². The smallest absolute Gasteiger partial charge is 0.163 e. The molecule has 1 N–H and O–H groups in total. The summed E-state index contributed by atoms with van der Waals surface area (Å²) in [6.07, 6.45) is 3.69. The van der Waals surface area contributed by atoms with Gasteiger partial charge in [0, 0.05) is 6.54 Å². The van der Waals surface area contributed by atoms with E-state index in [1.54, 1.807) is 10.9 Å². The van der Waals surface area contributed by atoms with Gasteiger partial charge in [-0.05, 0) is 19.7 Å². The zero-order valence-electron chi connectivity index (χ0n) is 14.4. The molecule has 0 aliphatic rings. The van der Waals surface area contributed by atoms with Crippen molar-refractivity contribution in [3.05, 3.63) is 48.4 Å². The molecular weight excluding hydrogens is 314 g/mol. The molecule has 7 heteroatoms. The van der Waals surface area contributed by atoms with Gasteiger partial charge in [0.05, 0.1) is 36.7 Å². The highest BCUT2D eigenvalue weighted by Gasteiger charge is 2.15. The van der Waals surface area contributed by atoms with Gasteiger partial charge in [0.15, 0.2) is 5.65 Å². The quantitative estimate of drug-likeness (QED) is 0.714. The molecule has 0 aliphatic carbocycles. The molecule has 128 valence electrons. The Kier molecular flexibility index (Phi) is 5.21. The summed E-state index contributed by atoms with van der Waals surface area (Å²) in [6, 6.07) is 12.7. The van der Waals surface area contributed by atoms with Crippen LogP contribution in [-0.2, 0) is 6.54 Å². The zero-order chi connectivity index (χ0) is 17.6. The molecule has 0 unspecified atom stereocenters. The fourth-order valence-corrected chi connectivity index (χ4v) is 2.82. The maximum atomic E-state index is 8.76. The van der Waals surface area contributed by atoms with Crippen molar-refractivity contribution in [1.29, 1.82) is 5.26 Å². The van der Waals surface area contributed by atoms with Crippen molar-refractivity contribution in [1.82, 2.24) is 24.6 Å². The summed E-state index contributed by atoms with van der Waals surface area (Å²) >= 11 is 0. The van der Waals surface area contributed by atoms with E-state index in [0.29, 0.717) is 19.5 Å². The van der Waals surface area contributed by atoms with Gasteiger partial charge in [-0.2, -0.15) is 10.4 Å². The fraction of sp³-hybridized carbons (Fsp3) is 0.333. The topological polar surface area (TPSA) is 82.7 Å². The van der Waals surface area contributed by atoms with Gasteiger partial charge >= 0.3 is 0 Å². The molecule has 3 aromatic rings. The largest absolute Gasteiger partial charge is 0.367 e. The van der Waals surface area contributed by atoms with E-state index in [-0.39, 0.29) is 6.04 Å². The van der Waals surface area contributed by atoms with E-state index >= 15 is 0 Å². The Labute approximate surface area is 146 Å². The Balaban J connectivity index is 1.80. The van der Waals surface area contributed by atoms with Crippen molar-refractivity contribution in [2.75, 3.05) is 26.0 Å². The van der Waals surface area contributed by atoms with Crippen molar-refractivity contribution in [2.24, 2.45) is 0 Å². The summed E-state index contributed by atoms with van der Waals surface area (Å²) < 4.78 is 1.74.